The van der Waals surface area contributed by atoms with E-state index in [1.807, 2.05) is 11.8 Å². The van der Waals surface area contributed by atoms with E-state index in [9.17, 15) is 4.79 Å². The van der Waals surface area contributed by atoms with Crippen LogP contribution in [0.5, 0.6) is 0 Å². The third kappa shape index (κ3) is 4.65. The van der Waals surface area contributed by atoms with Gasteiger partial charge in [0.2, 0.25) is 5.91 Å². The molecule has 2 aromatic carbocycles. The first kappa shape index (κ1) is 18.8. The Hall–Kier alpha value is -1.56. The molecule has 5 heteroatoms. The van der Waals surface area contributed by atoms with E-state index in [2.05, 4.69) is 52.3 Å². The SMILES string of the molecule is O=C(Cc1cccc2ccccc12)N1CCCSC[C@H]1CN1CCOCC1. The van der Waals surface area contributed by atoms with Gasteiger partial charge in [-0.25, -0.2) is 0 Å². The second kappa shape index (κ2) is 9.09. The highest BCUT2D eigenvalue weighted by Crippen LogP contribution is 2.22. The number of hydrogen-bond acceptors (Lipinski definition) is 4. The number of morpholine rings is 1. The van der Waals surface area contributed by atoms with E-state index in [1.165, 1.54) is 10.8 Å². The van der Waals surface area contributed by atoms with E-state index in [0.29, 0.717) is 12.5 Å². The zero-order valence-corrected chi connectivity index (χ0v) is 16.6. The molecule has 2 aromatic rings. The Morgan fingerprint density at radius 1 is 1.07 bits per heavy atom. The van der Waals surface area contributed by atoms with Gasteiger partial charge in [-0.3, -0.25) is 9.69 Å². The lowest BCUT2D eigenvalue weighted by molar-refractivity contribution is -0.132. The molecule has 0 saturated carbocycles. The van der Waals surface area contributed by atoms with Crippen LogP contribution in [0.1, 0.15) is 12.0 Å². The number of amides is 1. The zero-order valence-electron chi connectivity index (χ0n) is 15.8. The van der Waals surface area contributed by atoms with Gasteiger partial charge in [0.25, 0.3) is 0 Å². The Morgan fingerprint density at radius 2 is 1.89 bits per heavy atom. The van der Waals surface area contributed by atoms with Crippen molar-refractivity contribution in [1.29, 1.82) is 0 Å². The standard InChI is InChI=1S/C22H28N2O2S/c25-22(15-19-7-3-6-18-5-1-2-8-21(18)19)24-9-4-14-27-17-20(24)16-23-10-12-26-13-11-23/h1-3,5-8,20H,4,9-17H2/t20-/m1/s1. The molecule has 0 aliphatic carbocycles. The fraction of sp³-hybridized carbons (Fsp3) is 0.500. The molecule has 1 atom stereocenters. The number of hydrogen-bond donors (Lipinski definition) is 0. The monoisotopic (exact) mass is 384 g/mol. The van der Waals surface area contributed by atoms with E-state index in [-0.39, 0.29) is 5.91 Å². The smallest absolute Gasteiger partial charge is 0.227 e. The van der Waals surface area contributed by atoms with Crippen LogP contribution in [0, 0.1) is 0 Å². The summed E-state index contributed by atoms with van der Waals surface area (Å²) in [5.41, 5.74) is 1.14. The largest absolute Gasteiger partial charge is 0.379 e. The highest BCUT2D eigenvalue weighted by molar-refractivity contribution is 7.99. The highest BCUT2D eigenvalue weighted by Gasteiger charge is 2.28. The van der Waals surface area contributed by atoms with Crippen LogP contribution in [0.15, 0.2) is 42.5 Å². The molecule has 2 aliphatic heterocycles. The van der Waals surface area contributed by atoms with Gasteiger partial charge in [0.05, 0.1) is 25.7 Å². The third-order valence-corrected chi connectivity index (χ3v) is 6.75. The lowest BCUT2D eigenvalue weighted by Crippen LogP contribution is -2.50. The lowest BCUT2D eigenvalue weighted by Gasteiger charge is -2.35. The van der Waals surface area contributed by atoms with Crippen molar-refractivity contribution in [2.45, 2.75) is 18.9 Å². The van der Waals surface area contributed by atoms with Crippen LogP contribution in [0.3, 0.4) is 0 Å². The predicted molar refractivity (Wildman–Crippen MR) is 112 cm³/mol. The van der Waals surface area contributed by atoms with Crippen molar-refractivity contribution in [3.05, 3.63) is 48.0 Å². The van der Waals surface area contributed by atoms with Crippen LogP contribution >= 0.6 is 11.8 Å². The Kier molecular flexibility index (Phi) is 6.32. The highest BCUT2D eigenvalue weighted by atomic mass is 32.2. The van der Waals surface area contributed by atoms with Crippen molar-refractivity contribution < 1.29 is 9.53 Å². The van der Waals surface area contributed by atoms with E-state index in [4.69, 9.17) is 4.74 Å². The number of carbonyl (C=O) groups is 1. The molecule has 1 amide bonds. The molecule has 0 radical (unpaired) electrons. The number of thioether (sulfide) groups is 1. The molecular formula is C22H28N2O2S. The van der Waals surface area contributed by atoms with Gasteiger partial charge in [-0.1, -0.05) is 42.5 Å². The molecule has 2 heterocycles. The van der Waals surface area contributed by atoms with Crippen molar-refractivity contribution in [2.75, 3.05) is 50.9 Å². The molecule has 0 spiro atoms. The number of rotatable bonds is 4. The third-order valence-electron chi connectivity index (χ3n) is 5.55. The molecule has 2 saturated heterocycles. The van der Waals surface area contributed by atoms with Gasteiger partial charge >= 0.3 is 0 Å². The van der Waals surface area contributed by atoms with E-state index < -0.39 is 0 Å². The first-order valence-electron chi connectivity index (χ1n) is 9.95. The second-order valence-electron chi connectivity index (χ2n) is 7.40. The van der Waals surface area contributed by atoms with Crippen molar-refractivity contribution in [2.24, 2.45) is 0 Å². The van der Waals surface area contributed by atoms with Crippen molar-refractivity contribution >= 4 is 28.4 Å². The summed E-state index contributed by atoms with van der Waals surface area (Å²) in [6.45, 7) is 5.43. The van der Waals surface area contributed by atoms with Gasteiger partial charge in [-0.2, -0.15) is 11.8 Å². The number of carbonyl (C=O) groups excluding carboxylic acids is 1. The summed E-state index contributed by atoms with van der Waals surface area (Å²) in [6, 6.07) is 14.9. The van der Waals surface area contributed by atoms with E-state index in [1.54, 1.807) is 0 Å². The van der Waals surface area contributed by atoms with Crippen LogP contribution < -0.4 is 0 Å². The molecule has 4 rings (SSSR count). The average Bonchev–Trinajstić information content (AvgIpc) is 2.94. The Balaban J connectivity index is 1.50. The maximum absolute atomic E-state index is 13.3. The first-order valence-corrected chi connectivity index (χ1v) is 11.1. The van der Waals surface area contributed by atoms with Crippen LogP contribution in [-0.2, 0) is 16.0 Å². The van der Waals surface area contributed by atoms with E-state index >= 15 is 0 Å². The summed E-state index contributed by atoms with van der Waals surface area (Å²) in [6.07, 6.45) is 1.58. The zero-order chi connectivity index (χ0) is 18.5. The van der Waals surface area contributed by atoms with Gasteiger partial charge in [0.15, 0.2) is 0 Å². The summed E-state index contributed by atoms with van der Waals surface area (Å²) >= 11 is 1.99. The van der Waals surface area contributed by atoms with Gasteiger partial charge in [0.1, 0.15) is 0 Å². The van der Waals surface area contributed by atoms with Gasteiger partial charge < -0.3 is 9.64 Å². The molecule has 0 unspecified atom stereocenters. The second-order valence-corrected chi connectivity index (χ2v) is 8.55. The number of benzene rings is 2. The fourth-order valence-electron chi connectivity index (χ4n) is 4.10. The quantitative estimate of drug-likeness (QED) is 0.811. The number of ether oxygens (including phenoxy) is 1. The fourth-order valence-corrected chi connectivity index (χ4v) is 5.16. The summed E-state index contributed by atoms with van der Waals surface area (Å²) in [5, 5.41) is 2.40. The molecule has 2 aliphatic rings. The molecular weight excluding hydrogens is 356 g/mol. The first-order chi connectivity index (χ1) is 13.3. The van der Waals surface area contributed by atoms with Crippen LogP contribution in [0.2, 0.25) is 0 Å². The average molecular weight is 385 g/mol. The van der Waals surface area contributed by atoms with Crippen molar-refractivity contribution in [1.82, 2.24) is 9.80 Å². The number of fused-ring (bicyclic) bond motifs is 1. The minimum absolute atomic E-state index is 0.270. The Morgan fingerprint density at radius 3 is 2.78 bits per heavy atom. The van der Waals surface area contributed by atoms with Gasteiger partial charge in [-0.05, 0) is 28.5 Å². The summed E-state index contributed by atoms with van der Waals surface area (Å²) in [5.74, 6) is 2.46. The summed E-state index contributed by atoms with van der Waals surface area (Å²) < 4.78 is 5.48. The summed E-state index contributed by atoms with van der Waals surface area (Å²) in [7, 11) is 0. The van der Waals surface area contributed by atoms with E-state index in [0.717, 1.165) is 62.9 Å². The van der Waals surface area contributed by atoms with Crippen LogP contribution in [0.4, 0.5) is 0 Å². The minimum Gasteiger partial charge on any atom is -0.379 e. The Bertz CT molecular complexity index is 771. The van der Waals surface area contributed by atoms with Gasteiger partial charge in [-0.15, -0.1) is 0 Å². The van der Waals surface area contributed by atoms with Crippen LogP contribution in [0.25, 0.3) is 10.8 Å². The Labute approximate surface area is 165 Å². The molecule has 0 aromatic heterocycles. The normalized spacial score (nSPS) is 21.9. The lowest BCUT2D eigenvalue weighted by atomic mass is 10.0. The molecule has 27 heavy (non-hydrogen) atoms. The molecule has 0 N–H and O–H groups in total. The predicted octanol–water partition coefficient (Wildman–Crippen LogP) is 3.05. The molecule has 0 bridgehead atoms. The molecule has 144 valence electrons. The maximum atomic E-state index is 13.3. The van der Waals surface area contributed by atoms with Gasteiger partial charge in [0, 0.05) is 31.9 Å². The van der Waals surface area contributed by atoms with Crippen LogP contribution in [-0.4, -0.2) is 72.6 Å². The van der Waals surface area contributed by atoms with Crippen molar-refractivity contribution in [3.63, 3.8) is 0 Å². The number of nitrogens with zero attached hydrogens (tertiary/aromatic N) is 2. The maximum Gasteiger partial charge on any atom is 0.227 e. The molecule has 4 nitrogen and oxygen atoms in total. The minimum atomic E-state index is 0.270. The molecule has 2 fully saturated rings. The topological polar surface area (TPSA) is 32.8 Å². The summed E-state index contributed by atoms with van der Waals surface area (Å²) in [4.78, 5) is 17.9. The van der Waals surface area contributed by atoms with Crippen molar-refractivity contribution in [3.8, 4) is 0 Å².